The highest BCUT2D eigenvalue weighted by Crippen LogP contribution is 2.46. The van der Waals surface area contributed by atoms with Crippen molar-refractivity contribution in [2.45, 2.75) is 161 Å². The quantitative estimate of drug-likeness (QED) is 0.125. The summed E-state index contributed by atoms with van der Waals surface area (Å²) in [5, 5.41) is 1.95. The van der Waals surface area contributed by atoms with Crippen LogP contribution >= 0.6 is 0 Å². The van der Waals surface area contributed by atoms with E-state index >= 15 is 0 Å². The molecule has 0 bridgehead atoms. The summed E-state index contributed by atoms with van der Waals surface area (Å²) < 4.78 is 31.2. The Balaban J connectivity index is 1.36. The monoisotopic (exact) mass is 787 g/mol. The van der Waals surface area contributed by atoms with E-state index in [4.69, 9.17) is 14.4 Å². The van der Waals surface area contributed by atoms with Gasteiger partial charge in [0, 0.05) is 48.2 Å². The number of pyridine rings is 2. The Morgan fingerprint density at radius 2 is 1.31 bits per heavy atom. The molecule has 0 N–H and O–H groups in total. The molecule has 0 radical (unpaired) electrons. The molecule has 9 rings (SSSR count). The second-order valence-corrected chi connectivity index (χ2v) is 21.1. The van der Waals surface area contributed by atoms with E-state index in [1.165, 1.54) is 16.7 Å². The Hall–Kier alpha value is -4.77. The summed E-state index contributed by atoms with van der Waals surface area (Å²) in [6, 6.07) is 26.8. The van der Waals surface area contributed by atoms with E-state index in [9.17, 15) is 2.74 Å². The van der Waals surface area contributed by atoms with E-state index in [1.54, 1.807) is 0 Å². The lowest BCUT2D eigenvalue weighted by Gasteiger charge is -2.30. The summed E-state index contributed by atoms with van der Waals surface area (Å²) in [4.78, 5) is 10.3. The van der Waals surface area contributed by atoms with Crippen molar-refractivity contribution in [3.05, 3.63) is 119 Å². The average Bonchev–Trinajstić information content (AvgIpc) is 4.02. The average molecular weight is 787 g/mol. The lowest BCUT2D eigenvalue weighted by atomic mass is 9.74. The molecule has 3 aromatic carbocycles. The van der Waals surface area contributed by atoms with Gasteiger partial charge in [0.2, 0.25) is 6.33 Å². The second-order valence-electron chi connectivity index (χ2n) is 21.1. The van der Waals surface area contributed by atoms with Crippen molar-refractivity contribution in [1.29, 1.82) is 0 Å². The van der Waals surface area contributed by atoms with Crippen LogP contribution in [0.25, 0.3) is 49.9 Å². The third kappa shape index (κ3) is 7.10. The molecule has 5 heteroatoms. The number of aromatic nitrogens is 4. The van der Waals surface area contributed by atoms with E-state index in [0.29, 0.717) is 11.3 Å². The summed E-state index contributed by atoms with van der Waals surface area (Å²) >= 11 is 0. The summed E-state index contributed by atoms with van der Waals surface area (Å²) in [6.45, 7) is 25.0. The summed E-state index contributed by atoms with van der Waals surface area (Å²) in [5.74, 6) is -1.63. The SMILES string of the molecule is [2H]C1(c2cc3c(oc4c(-n5[c-][n+](C(C)(C)C)c6ccccc65)cc(C(C)(C)c5cc(-c6cc(C(C)(C)C)ccn6)cc(C(C)(C)C)c5)cc43)c(C3([2H])CCCC3)n2)CCCC1. The predicted molar refractivity (Wildman–Crippen MR) is 244 cm³/mol. The van der Waals surface area contributed by atoms with Crippen LogP contribution in [0.4, 0.5) is 0 Å². The van der Waals surface area contributed by atoms with Crippen LogP contribution in [0.5, 0.6) is 0 Å². The van der Waals surface area contributed by atoms with Crippen LogP contribution in [0, 0.1) is 6.33 Å². The Morgan fingerprint density at radius 1 is 0.678 bits per heavy atom. The van der Waals surface area contributed by atoms with Crippen molar-refractivity contribution in [3.63, 3.8) is 0 Å². The molecule has 2 fully saturated rings. The number of benzene rings is 3. The standard InChI is InChI=1S/C54H64N4O/c1-51(2,3)37-24-25-55-43(30-37)36-26-38(52(4,5)6)28-39(27-36)54(10,11)40-29-41-42-32-44(34-18-12-13-19-34)56-48(35-20-14-15-21-35)50(42)59-49(41)47(31-40)57-33-58(53(7,8)9)46-23-17-16-22-45(46)57/h16-17,22-32,34-35H,12-15,18-21H2,1-11H3/i34D,35D. The molecule has 2 aliphatic rings. The fraction of sp³-hybridized carbons (Fsp3) is 0.463. The van der Waals surface area contributed by atoms with Crippen molar-refractivity contribution >= 4 is 33.0 Å². The zero-order valence-electron chi connectivity index (χ0n) is 39.4. The molecule has 0 aliphatic heterocycles. The van der Waals surface area contributed by atoms with Crippen LogP contribution in [-0.2, 0) is 21.8 Å². The van der Waals surface area contributed by atoms with Crippen molar-refractivity contribution in [2.24, 2.45) is 0 Å². The van der Waals surface area contributed by atoms with Gasteiger partial charge in [0.25, 0.3) is 0 Å². The Morgan fingerprint density at radius 3 is 1.98 bits per heavy atom. The smallest absolute Gasteiger partial charge is 0.244 e. The number of rotatable bonds is 6. The summed E-state index contributed by atoms with van der Waals surface area (Å²) in [5.41, 5.74) is 12.1. The second kappa shape index (κ2) is 14.2. The van der Waals surface area contributed by atoms with Crippen molar-refractivity contribution in [2.75, 3.05) is 0 Å². The van der Waals surface area contributed by atoms with E-state index in [2.05, 4.69) is 164 Å². The molecule has 0 atom stereocenters. The topological polar surface area (TPSA) is 47.7 Å². The number of furan rings is 1. The normalized spacial score (nSPS) is 17.9. The molecule has 0 amide bonds. The Bertz CT molecular complexity index is 2830. The largest absolute Gasteiger partial charge is 0.460 e. The van der Waals surface area contributed by atoms with Gasteiger partial charge in [-0.2, -0.15) is 0 Å². The fourth-order valence-electron chi connectivity index (χ4n) is 9.44. The molecule has 306 valence electrons. The maximum Gasteiger partial charge on any atom is 0.244 e. The molecule has 4 aromatic heterocycles. The number of hydrogen-bond donors (Lipinski definition) is 0. The number of hydrogen-bond acceptors (Lipinski definition) is 3. The zero-order chi connectivity index (χ0) is 43.5. The molecule has 0 spiro atoms. The van der Waals surface area contributed by atoms with Gasteiger partial charge in [-0.1, -0.05) is 111 Å². The first kappa shape index (κ1) is 37.2. The van der Waals surface area contributed by atoms with Crippen molar-refractivity contribution in [3.8, 4) is 16.9 Å². The molecule has 0 unspecified atom stereocenters. The Kier molecular flexibility index (Phi) is 8.95. The van der Waals surface area contributed by atoms with Crippen LogP contribution in [0.15, 0.2) is 83.4 Å². The first-order chi connectivity index (χ1) is 28.6. The number of imidazole rings is 1. The molecule has 0 saturated heterocycles. The van der Waals surface area contributed by atoms with Gasteiger partial charge in [-0.3, -0.25) is 9.97 Å². The molecule has 2 aliphatic carbocycles. The van der Waals surface area contributed by atoms with Gasteiger partial charge in [-0.15, -0.1) is 0 Å². The third-order valence-corrected chi connectivity index (χ3v) is 13.3. The van der Waals surface area contributed by atoms with E-state index < -0.39 is 17.2 Å². The molecule has 7 aromatic rings. The Labute approximate surface area is 355 Å². The lowest BCUT2D eigenvalue weighted by molar-refractivity contribution is -0.734. The lowest BCUT2D eigenvalue weighted by Crippen LogP contribution is -2.49. The van der Waals surface area contributed by atoms with Crippen LogP contribution in [0.1, 0.15) is 176 Å². The van der Waals surface area contributed by atoms with Gasteiger partial charge >= 0.3 is 0 Å². The van der Waals surface area contributed by atoms with Gasteiger partial charge < -0.3 is 13.6 Å². The predicted octanol–water partition coefficient (Wildman–Crippen LogP) is 14.1. The maximum atomic E-state index is 9.86. The summed E-state index contributed by atoms with van der Waals surface area (Å²) in [7, 11) is 0. The highest BCUT2D eigenvalue weighted by atomic mass is 16.3. The van der Waals surface area contributed by atoms with E-state index in [0.717, 1.165) is 107 Å². The number of para-hydroxylation sites is 2. The van der Waals surface area contributed by atoms with Gasteiger partial charge in [0.1, 0.15) is 5.58 Å². The summed E-state index contributed by atoms with van der Waals surface area (Å²) in [6.07, 6.45) is 12.8. The van der Waals surface area contributed by atoms with Gasteiger partial charge in [-0.25, -0.2) is 0 Å². The fourth-order valence-corrected chi connectivity index (χ4v) is 9.44. The number of nitrogens with zero attached hydrogens (tertiary/aromatic N) is 4. The molecular weight excluding hydrogens is 721 g/mol. The van der Waals surface area contributed by atoms with Gasteiger partial charge in [0.05, 0.1) is 33.6 Å². The van der Waals surface area contributed by atoms with Gasteiger partial charge in [0.15, 0.2) is 5.58 Å². The zero-order valence-corrected chi connectivity index (χ0v) is 37.4. The minimum Gasteiger partial charge on any atom is -0.460 e. The van der Waals surface area contributed by atoms with Crippen molar-refractivity contribution < 1.29 is 11.7 Å². The van der Waals surface area contributed by atoms with Crippen LogP contribution in [0.3, 0.4) is 0 Å². The van der Waals surface area contributed by atoms with Gasteiger partial charge in [-0.05, 0) is 122 Å². The molecule has 5 nitrogen and oxygen atoms in total. The molecule has 59 heavy (non-hydrogen) atoms. The highest BCUT2D eigenvalue weighted by Gasteiger charge is 2.32. The number of fused-ring (bicyclic) bond motifs is 4. The van der Waals surface area contributed by atoms with Crippen LogP contribution in [0.2, 0.25) is 0 Å². The highest BCUT2D eigenvalue weighted by molar-refractivity contribution is 6.09. The van der Waals surface area contributed by atoms with Crippen LogP contribution < -0.4 is 4.57 Å². The van der Waals surface area contributed by atoms with E-state index in [1.807, 2.05) is 6.20 Å². The minimum atomic E-state index is -0.858. The molecule has 4 heterocycles. The first-order valence-electron chi connectivity index (χ1n) is 23.1. The third-order valence-electron chi connectivity index (χ3n) is 13.3. The first-order valence-corrected chi connectivity index (χ1v) is 22.1. The molecule has 2 saturated carbocycles. The van der Waals surface area contributed by atoms with Crippen LogP contribution in [-0.4, -0.2) is 14.5 Å². The maximum absolute atomic E-state index is 9.86. The molecular formula is C54H64N4O. The minimum absolute atomic E-state index is 0.00457. The van der Waals surface area contributed by atoms with E-state index in [-0.39, 0.29) is 16.4 Å². The van der Waals surface area contributed by atoms with Crippen molar-refractivity contribution in [1.82, 2.24) is 14.5 Å².